The molecule has 0 radical (unpaired) electrons. The van der Waals surface area contributed by atoms with Crippen molar-refractivity contribution in [3.8, 4) is 11.4 Å². The Kier molecular flexibility index (Phi) is 3.30. The molecule has 0 fully saturated rings. The smallest absolute Gasteiger partial charge is 0.138 e. The molecule has 19 heavy (non-hydrogen) atoms. The van der Waals surface area contributed by atoms with Crippen molar-refractivity contribution < 1.29 is 0 Å². The van der Waals surface area contributed by atoms with Crippen molar-refractivity contribution in [2.45, 2.75) is 13.3 Å². The lowest BCUT2D eigenvalue weighted by atomic mass is 10.1. The lowest BCUT2D eigenvalue weighted by Crippen LogP contribution is -1.85. The van der Waals surface area contributed by atoms with Gasteiger partial charge in [-0.1, -0.05) is 30.3 Å². The first-order valence-corrected chi connectivity index (χ1v) is 7.06. The fourth-order valence-corrected chi connectivity index (χ4v) is 2.57. The molecule has 0 unspecified atom stereocenters. The molecule has 0 bridgehead atoms. The fraction of sp³-hybridized carbons (Fsp3) is 0.188. The van der Waals surface area contributed by atoms with E-state index >= 15 is 0 Å². The zero-order chi connectivity index (χ0) is 13.2. The second kappa shape index (κ2) is 5.10. The van der Waals surface area contributed by atoms with Crippen LogP contribution in [0.1, 0.15) is 11.1 Å². The Hall–Kier alpha value is -1.74. The van der Waals surface area contributed by atoms with Gasteiger partial charge in [0, 0.05) is 5.56 Å². The van der Waals surface area contributed by atoms with Gasteiger partial charge in [0.1, 0.15) is 5.82 Å². The van der Waals surface area contributed by atoms with Crippen molar-refractivity contribution in [2.24, 2.45) is 0 Å². The third kappa shape index (κ3) is 2.38. The molecule has 0 spiro atoms. The predicted molar refractivity (Wildman–Crippen MR) is 83.8 cm³/mol. The molecule has 0 aliphatic heterocycles. The van der Waals surface area contributed by atoms with Gasteiger partial charge in [-0.15, -0.1) is 0 Å². The summed E-state index contributed by atoms with van der Waals surface area (Å²) in [6, 6.07) is 14.7. The highest BCUT2D eigenvalue weighted by Crippen LogP contribution is 2.24. The van der Waals surface area contributed by atoms with E-state index in [0.29, 0.717) is 0 Å². The number of benzene rings is 2. The van der Waals surface area contributed by atoms with Crippen molar-refractivity contribution in [3.63, 3.8) is 0 Å². The minimum atomic E-state index is 0.865. The third-order valence-corrected chi connectivity index (χ3v) is 3.57. The first-order chi connectivity index (χ1) is 9.28. The molecule has 0 saturated heterocycles. The molecule has 0 aliphatic carbocycles. The Bertz CT molecular complexity index is 716. The quantitative estimate of drug-likeness (QED) is 0.690. The van der Waals surface area contributed by atoms with Crippen LogP contribution in [0, 0.1) is 6.92 Å². The molecule has 2 nitrogen and oxygen atoms in total. The molecule has 1 aromatic heterocycles. The average Bonchev–Trinajstić information content (AvgIpc) is 2.82. The highest BCUT2D eigenvalue weighted by Gasteiger charge is 2.07. The minimum absolute atomic E-state index is 0.865. The minimum Gasteiger partial charge on any atom is -0.338 e. The van der Waals surface area contributed by atoms with Crippen LogP contribution in [0.3, 0.4) is 0 Å². The van der Waals surface area contributed by atoms with E-state index in [-0.39, 0.29) is 0 Å². The average molecular weight is 268 g/mol. The summed E-state index contributed by atoms with van der Waals surface area (Å²) >= 11 is 4.28. The topological polar surface area (TPSA) is 28.7 Å². The molecule has 3 aromatic rings. The van der Waals surface area contributed by atoms with E-state index in [9.17, 15) is 0 Å². The van der Waals surface area contributed by atoms with Gasteiger partial charge in [-0.2, -0.15) is 12.6 Å². The van der Waals surface area contributed by atoms with E-state index < -0.39 is 0 Å². The number of thiol groups is 1. The molecule has 0 amide bonds. The Morgan fingerprint density at radius 2 is 2.00 bits per heavy atom. The maximum Gasteiger partial charge on any atom is 0.138 e. The molecular formula is C16H16N2S. The largest absolute Gasteiger partial charge is 0.338 e. The van der Waals surface area contributed by atoms with Crippen LogP contribution in [0.5, 0.6) is 0 Å². The van der Waals surface area contributed by atoms with Gasteiger partial charge in [-0.25, -0.2) is 4.98 Å². The summed E-state index contributed by atoms with van der Waals surface area (Å²) in [5, 5.41) is 0. The number of hydrogen-bond acceptors (Lipinski definition) is 2. The van der Waals surface area contributed by atoms with Crippen LogP contribution in [0.25, 0.3) is 22.4 Å². The van der Waals surface area contributed by atoms with Gasteiger partial charge in [0.25, 0.3) is 0 Å². The van der Waals surface area contributed by atoms with Crippen molar-refractivity contribution in [1.29, 1.82) is 0 Å². The summed E-state index contributed by atoms with van der Waals surface area (Å²) in [6.45, 7) is 2.11. The molecule has 3 heteroatoms. The summed E-state index contributed by atoms with van der Waals surface area (Å²) in [5.41, 5.74) is 5.80. The van der Waals surface area contributed by atoms with Gasteiger partial charge in [0.15, 0.2) is 0 Å². The lowest BCUT2D eigenvalue weighted by Gasteiger charge is -2.00. The zero-order valence-electron chi connectivity index (χ0n) is 10.9. The number of hydrogen-bond donors (Lipinski definition) is 2. The second-order valence-corrected chi connectivity index (χ2v) is 5.17. The van der Waals surface area contributed by atoms with Crippen molar-refractivity contribution in [2.75, 3.05) is 5.75 Å². The van der Waals surface area contributed by atoms with Crippen LogP contribution in [0.4, 0.5) is 0 Å². The zero-order valence-corrected chi connectivity index (χ0v) is 11.7. The molecule has 2 aromatic carbocycles. The van der Waals surface area contributed by atoms with Crippen molar-refractivity contribution in [1.82, 2.24) is 9.97 Å². The highest BCUT2D eigenvalue weighted by molar-refractivity contribution is 7.80. The first kappa shape index (κ1) is 12.3. The normalized spacial score (nSPS) is 11.1. The monoisotopic (exact) mass is 268 g/mol. The van der Waals surface area contributed by atoms with E-state index in [1.807, 2.05) is 12.1 Å². The molecule has 1 N–H and O–H groups in total. The molecule has 1 heterocycles. The second-order valence-electron chi connectivity index (χ2n) is 4.73. The van der Waals surface area contributed by atoms with Gasteiger partial charge >= 0.3 is 0 Å². The molecule has 96 valence electrons. The predicted octanol–water partition coefficient (Wildman–Crippen LogP) is 4.01. The number of imidazole rings is 1. The number of H-pyrrole nitrogens is 1. The van der Waals surface area contributed by atoms with E-state index in [1.165, 1.54) is 11.1 Å². The highest BCUT2D eigenvalue weighted by atomic mass is 32.1. The molecule has 0 atom stereocenters. The van der Waals surface area contributed by atoms with E-state index in [0.717, 1.165) is 34.6 Å². The number of aromatic amines is 1. The van der Waals surface area contributed by atoms with Gasteiger partial charge in [0.2, 0.25) is 0 Å². The third-order valence-electron chi connectivity index (χ3n) is 3.35. The van der Waals surface area contributed by atoms with Gasteiger partial charge in [0.05, 0.1) is 11.0 Å². The number of aromatic nitrogens is 2. The Morgan fingerprint density at radius 3 is 2.79 bits per heavy atom. The summed E-state index contributed by atoms with van der Waals surface area (Å²) in [6.07, 6.45) is 0.984. The number of aryl methyl sites for hydroxylation is 2. The van der Waals surface area contributed by atoms with Gasteiger partial charge in [-0.05, 0) is 42.4 Å². The maximum absolute atomic E-state index is 4.67. The molecule has 3 rings (SSSR count). The van der Waals surface area contributed by atoms with E-state index in [1.54, 1.807) is 0 Å². The van der Waals surface area contributed by atoms with Crippen molar-refractivity contribution in [3.05, 3.63) is 53.6 Å². The molecular weight excluding hydrogens is 252 g/mol. The molecule has 0 aliphatic rings. The van der Waals surface area contributed by atoms with Gasteiger partial charge in [-0.3, -0.25) is 0 Å². The van der Waals surface area contributed by atoms with Crippen LogP contribution >= 0.6 is 12.6 Å². The SMILES string of the molecule is Cc1ccccc1-c1nc2ccc(CCS)cc2[nH]1. The van der Waals surface area contributed by atoms with Crippen LogP contribution in [-0.4, -0.2) is 15.7 Å². The van der Waals surface area contributed by atoms with Crippen LogP contribution in [0.2, 0.25) is 0 Å². The summed E-state index contributed by atoms with van der Waals surface area (Å²) in [4.78, 5) is 8.09. The van der Waals surface area contributed by atoms with Crippen LogP contribution in [-0.2, 0) is 6.42 Å². The van der Waals surface area contributed by atoms with Crippen molar-refractivity contribution >= 4 is 23.7 Å². The summed E-state index contributed by atoms with van der Waals surface area (Å²) in [7, 11) is 0. The lowest BCUT2D eigenvalue weighted by molar-refractivity contribution is 1.17. The van der Waals surface area contributed by atoms with Crippen LogP contribution < -0.4 is 0 Å². The number of nitrogens with zero attached hydrogens (tertiary/aromatic N) is 1. The fourth-order valence-electron chi connectivity index (χ4n) is 2.31. The summed E-state index contributed by atoms with van der Waals surface area (Å²) < 4.78 is 0. The van der Waals surface area contributed by atoms with E-state index in [4.69, 9.17) is 0 Å². The van der Waals surface area contributed by atoms with Gasteiger partial charge < -0.3 is 4.98 Å². The van der Waals surface area contributed by atoms with E-state index in [2.05, 4.69) is 59.9 Å². The maximum atomic E-state index is 4.67. The number of fused-ring (bicyclic) bond motifs is 1. The summed E-state index contributed by atoms with van der Waals surface area (Å²) in [5.74, 6) is 1.81. The Balaban J connectivity index is 2.09. The number of nitrogens with one attached hydrogen (secondary N) is 1. The standard InChI is InChI=1S/C16H16N2S/c1-11-4-2-3-5-13(11)16-17-14-7-6-12(8-9-19)10-15(14)18-16/h2-7,10,19H,8-9H2,1H3,(H,17,18). The first-order valence-electron chi connectivity index (χ1n) is 6.43. The Morgan fingerprint density at radius 1 is 1.16 bits per heavy atom. The molecule has 0 saturated carbocycles. The Labute approximate surface area is 118 Å². The number of rotatable bonds is 3. The van der Waals surface area contributed by atoms with Crippen LogP contribution in [0.15, 0.2) is 42.5 Å².